The molecular formula is C16H26FN3O. The molecule has 0 bridgehead atoms. The summed E-state index contributed by atoms with van der Waals surface area (Å²) in [6, 6.07) is 6.20. The van der Waals surface area contributed by atoms with Crippen molar-refractivity contribution >= 4 is 11.6 Å². The van der Waals surface area contributed by atoms with E-state index < -0.39 is 6.04 Å². The fourth-order valence-electron chi connectivity index (χ4n) is 2.04. The van der Waals surface area contributed by atoms with Gasteiger partial charge in [-0.1, -0.05) is 32.4 Å². The van der Waals surface area contributed by atoms with Gasteiger partial charge in [0.25, 0.3) is 0 Å². The Morgan fingerprint density at radius 2 is 2.10 bits per heavy atom. The van der Waals surface area contributed by atoms with Crippen molar-refractivity contribution in [2.75, 3.05) is 25.0 Å². The van der Waals surface area contributed by atoms with Crippen LogP contribution in [-0.2, 0) is 4.79 Å². The molecule has 0 fully saturated rings. The molecule has 21 heavy (non-hydrogen) atoms. The lowest BCUT2D eigenvalue weighted by atomic mass is 9.99. The van der Waals surface area contributed by atoms with Gasteiger partial charge in [0.15, 0.2) is 0 Å². The second-order valence-corrected chi connectivity index (χ2v) is 5.43. The third-order valence-corrected chi connectivity index (χ3v) is 3.79. The molecule has 0 aliphatic heterocycles. The molecule has 5 heteroatoms. The number of rotatable bonds is 8. The summed E-state index contributed by atoms with van der Waals surface area (Å²) < 4.78 is 13.6. The van der Waals surface area contributed by atoms with Gasteiger partial charge in [0.2, 0.25) is 5.91 Å². The number of para-hydroxylation sites is 1. The van der Waals surface area contributed by atoms with Crippen molar-refractivity contribution in [2.24, 2.45) is 11.7 Å². The van der Waals surface area contributed by atoms with E-state index in [9.17, 15) is 9.18 Å². The minimum atomic E-state index is -0.459. The molecule has 0 spiro atoms. The van der Waals surface area contributed by atoms with Gasteiger partial charge < -0.3 is 16.0 Å². The molecule has 0 aromatic heterocycles. The van der Waals surface area contributed by atoms with Crippen molar-refractivity contribution in [3.05, 3.63) is 30.1 Å². The fraction of sp³-hybridized carbons (Fsp3) is 0.562. The summed E-state index contributed by atoms with van der Waals surface area (Å²) in [6.45, 7) is 5.19. The van der Waals surface area contributed by atoms with Gasteiger partial charge in [0.05, 0.1) is 11.7 Å². The third-order valence-electron chi connectivity index (χ3n) is 3.79. The smallest absolute Gasteiger partial charge is 0.237 e. The maximum atomic E-state index is 13.6. The number of halogens is 1. The lowest BCUT2D eigenvalue weighted by Gasteiger charge is -2.21. The number of nitrogens with zero attached hydrogens (tertiary/aromatic N) is 1. The van der Waals surface area contributed by atoms with Crippen molar-refractivity contribution in [1.82, 2.24) is 5.32 Å². The zero-order chi connectivity index (χ0) is 15.8. The van der Waals surface area contributed by atoms with Crippen LogP contribution in [0.25, 0.3) is 0 Å². The van der Waals surface area contributed by atoms with E-state index in [1.54, 1.807) is 12.1 Å². The van der Waals surface area contributed by atoms with Gasteiger partial charge in [-0.25, -0.2) is 4.39 Å². The molecule has 4 nitrogen and oxygen atoms in total. The van der Waals surface area contributed by atoms with E-state index in [4.69, 9.17) is 5.73 Å². The second-order valence-electron chi connectivity index (χ2n) is 5.43. The highest BCUT2D eigenvalue weighted by Crippen LogP contribution is 2.16. The SMILES string of the molecule is CCC(C)C(N)C(=O)NCCCN(C)c1ccccc1F. The monoisotopic (exact) mass is 295 g/mol. The molecule has 0 saturated heterocycles. The molecule has 0 aliphatic carbocycles. The first-order valence-electron chi connectivity index (χ1n) is 7.46. The Kier molecular flexibility index (Phi) is 7.15. The van der Waals surface area contributed by atoms with Gasteiger partial charge in [-0.3, -0.25) is 4.79 Å². The van der Waals surface area contributed by atoms with Crippen LogP contribution in [0.4, 0.5) is 10.1 Å². The van der Waals surface area contributed by atoms with Crippen LogP contribution < -0.4 is 16.0 Å². The third kappa shape index (κ3) is 5.34. The molecule has 3 N–H and O–H groups in total. The number of benzene rings is 1. The minimum absolute atomic E-state index is 0.113. The van der Waals surface area contributed by atoms with Crippen molar-refractivity contribution in [3.8, 4) is 0 Å². The minimum Gasteiger partial charge on any atom is -0.372 e. The summed E-state index contributed by atoms with van der Waals surface area (Å²) in [5.74, 6) is -0.174. The van der Waals surface area contributed by atoms with Crippen LogP contribution in [0.1, 0.15) is 26.7 Å². The predicted octanol–water partition coefficient (Wildman–Crippen LogP) is 2.14. The molecule has 2 atom stereocenters. The number of hydrogen-bond donors (Lipinski definition) is 2. The molecule has 1 amide bonds. The van der Waals surface area contributed by atoms with Gasteiger partial charge in [0.1, 0.15) is 5.82 Å². The predicted molar refractivity (Wildman–Crippen MR) is 84.7 cm³/mol. The summed E-state index contributed by atoms with van der Waals surface area (Å²) in [5, 5.41) is 2.83. The summed E-state index contributed by atoms with van der Waals surface area (Å²) in [7, 11) is 1.84. The highest BCUT2D eigenvalue weighted by atomic mass is 19.1. The molecule has 1 aromatic rings. The van der Waals surface area contributed by atoms with Crippen LogP contribution in [0.2, 0.25) is 0 Å². The topological polar surface area (TPSA) is 58.4 Å². The van der Waals surface area contributed by atoms with Crippen molar-refractivity contribution in [3.63, 3.8) is 0 Å². The fourth-order valence-corrected chi connectivity index (χ4v) is 2.04. The first-order valence-corrected chi connectivity index (χ1v) is 7.46. The summed E-state index contributed by atoms with van der Waals surface area (Å²) in [4.78, 5) is 13.6. The average Bonchev–Trinajstić information content (AvgIpc) is 2.49. The molecule has 0 saturated carbocycles. The maximum absolute atomic E-state index is 13.6. The lowest BCUT2D eigenvalue weighted by molar-refractivity contribution is -0.123. The number of carbonyl (C=O) groups is 1. The number of nitrogens with one attached hydrogen (secondary N) is 1. The second kappa shape index (κ2) is 8.62. The van der Waals surface area contributed by atoms with E-state index in [-0.39, 0.29) is 17.6 Å². The number of hydrogen-bond acceptors (Lipinski definition) is 3. The highest BCUT2D eigenvalue weighted by Gasteiger charge is 2.18. The van der Waals surface area contributed by atoms with E-state index in [0.29, 0.717) is 18.8 Å². The van der Waals surface area contributed by atoms with Crippen LogP contribution in [-0.4, -0.2) is 32.1 Å². The Labute approximate surface area is 126 Å². The summed E-state index contributed by atoms with van der Waals surface area (Å²) in [5.41, 5.74) is 6.42. The first-order chi connectivity index (χ1) is 9.97. The number of carbonyl (C=O) groups excluding carboxylic acids is 1. The van der Waals surface area contributed by atoms with Crippen LogP contribution in [0.15, 0.2) is 24.3 Å². The molecule has 0 aliphatic rings. The number of amides is 1. The lowest BCUT2D eigenvalue weighted by Crippen LogP contribution is -2.45. The Morgan fingerprint density at radius 1 is 1.43 bits per heavy atom. The van der Waals surface area contributed by atoms with Gasteiger partial charge in [-0.2, -0.15) is 0 Å². The van der Waals surface area contributed by atoms with Crippen molar-refractivity contribution in [2.45, 2.75) is 32.7 Å². The van der Waals surface area contributed by atoms with Gasteiger partial charge in [-0.15, -0.1) is 0 Å². The van der Waals surface area contributed by atoms with E-state index in [2.05, 4.69) is 5.32 Å². The zero-order valence-corrected chi connectivity index (χ0v) is 13.1. The Balaban J connectivity index is 2.31. The van der Waals surface area contributed by atoms with Gasteiger partial charge in [-0.05, 0) is 24.5 Å². The van der Waals surface area contributed by atoms with Crippen LogP contribution in [0.3, 0.4) is 0 Å². The standard InChI is InChI=1S/C16H26FN3O/c1-4-12(2)15(18)16(21)19-10-7-11-20(3)14-9-6-5-8-13(14)17/h5-6,8-9,12,15H,4,7,10-11,18H2,1-3H3,(H,19,21). The highest BCUT2D eigenvalue weighted by molar-refractivity contribution is 5.81. The molecule has 2 unspecified atom stereocenters. The Hall–Kier alpha value is -1.62. The molecule has 0 radical (unpaired) electrons. The Bertz CT molecular complexity index is 453. The van der Waals surface area contributed by atoms with Crippen LogP contribution >= 0.6 is 0 Å². The van der Waals surface area contributed by atoms with Crippen molar-refractivity contribution in [1.29, 1.82) is 0 Å². The molecule has 1 aromatic carbocycles. The largest absolute Gasteiger partial charge is 0.372 e. The van der Waals surface area contributed by atoms with E-state index in [0.717, 1.165) is 12.8 Å². The van der Waals surface area contributed by atoms with E-state index in [1.807, 2.05) is 31.9 Å². The average molecular weight is 295 g/mol. The molecule has 0 heterocycles. The quantitative estimate of drug-likeness (QED) is 0.722. The van der Waals surface area contributed by atoms with E-state index >= 15 is 0 Å². The van der Waals surface area contributed by atoms with Gasteiger partial charge in [0, 0.05) is 20.1 Å². The number of anilines is 1. The maximum Gasteiger partial charge on any atom is 0.237 e. The molecule has 1 rings (SSSR count). The summed E-state index contributed by atoms with van der Waals surface area (Å²) >= 11 is 0. The van der Waals surface area contributed by atoms with Crippen LogP contribution in [0, 0.1) is 11.7 Å². The summed E-state index contributed by atoms with van der Waals surface area (Å²) in [6.07, 6.45) is 1.62. The molecule has 118 valence electrons. The van der Waals surface area contributed by atoms with E-state index in [1.165, 1.54) is 6.07 Å². The normalized spacial score (nSPS) is 13.6. The zero-order valence-electron chi connectivity index (χ0n) is 13.1. The Morgan fingerprint density at radius 3 is 2.71 bits per heavy atom. The first kappa shape index (κ1) is 17.4. The van der Waals surface area contributed by atoms with Crippen LogP contribution in [0.5, 0.6) is 0 Å². The van der Waals surface area contributed by atoms with Gasteiger partial charge >= 0.3 is 0 Å². The molecular weight excluding hydrogens is 269 g/mol. The van der Waals surface area contributed by atoms with Crippen molar-refractivity contribution < 1.29 is 9.18 Å². The number of nitrogens with two attached hydrogens (primary N) is 1.